The molecule has 0 bridgehead atoms. The molecule has 1 aromatic carbocycles. The molecule has 1 N–H and O–H groups in total. The summed E-state index contributed by atoms with van der Waals surface area (Å²) in [7, 11) is -3.19. The summed E-state index contributed by atoms with van der Waals surface area (Å²) in [6, 6.07) is 1.47. The maximum absolute atomic E-state index is 13.9. The minimum Gasteiger partial charge on any atom is -0.478 e. The number of anilines is 1. The molecule has 0 amide bonds. The summed E-state index contributed by atoms with van der Waals surface area (Å²) in [5, 5.41) is 8.72. The number of hydrogen-bond donors (Lipinski definition) is 1. The quantitative estimate of drug-likeness (QED) is 0.891. The van der Waals surface area contributed by atoms with Crippen LogP contribution in [0.5, 0.6) is 0 Å². The summed E-state index contributed by atoms with van der Waals surface area (Å²) in [6.45, 7) is 0.197. The summed E-state index contributed by atoms with van der Waals surface area (Å²) in [4.78, 5) is 12.0. The van der Waals surface area contributed by atoms with Gasteiger partial charge in [0.1, 0.15) is 17.3 Å². The zero-order valence-electron chi connectivity index (χ0n) is 10.5. The van der Waals surface area contributed by atoms with Crippen LogP contribution in [-0.4, -0.2) is 44.1 Å². The minimum absolute atomic E-state index is 0.0113. The maximum atomic E-state index is 13.9. The molecule has 1 aromatic rings. The van der Waals surface area contributed by atoms with Crippen LogP contribution in [0.4, 0.5) is 14.5 Å². The van der Waals surface area contributed by atoms with Crippen molar-refractivity contribution in [1.82, 2.24) is 0 Å². The van der Waals surface area contributed by atoms with Crippen LogP contribution in [-0.2, 0) is 9.84 Å². The lowest BCUT2D eigenvalue weighted by Crippen LogP contribution is -2.28. The normalized spacial score (nSPS) is 18.6. The number of carboxylic acid groups (broad SMARTS) is 1. The molecule has 0 unspecified atom stereocenters. The molecule has 0 saturated carbocycles. The van der Waals surface area contributed by atoms with Crippen LogP contribution >= 0.6 is 0 Å². The molecule has 20 heavy (non-hydrogen) atoms. The van der Waals surface area contributed by atoms with Crippen LogP contribution < -0.4 is 4.90 Å². The number of benzene rings is 1. The highest BCUT2D eigenvalue weighted by Crippen LogP contribution is 2.26. The molecule has 0 radical (unpaired) electrons. The first-order valence-corrected chi connectivity index (χ1v) is 7.80. The Bertz CT molecular complexity index is 622. The molecule has 8 heteroatoms. The Hall–Kier alpha value is -1.70. The van der Waals surface area contributed by atoms with Crippen LogP contribution in [0.1, 0.15) is 16.8 Å². The van der Waals surface area contributed by atoms with E-state index in [2.05, 4.69) is 0 Å². The second-order valence-electron chi connectivity index (χ2n) is 4.59. The smallest absolute Gasteiger partial charge is 0.335 e. The van der Waals surface area contributed by atoms with Gasteiger partial charge in [-0.1, -0.05) is 0 Å². The summed E-state index contributed by atoms with van der Waals surface area (Å²) in [5.74, 6) is -3.61. The molecule has 110 valence electrons. The average molecular weight is 305 g/mol. The molecule has 0 aliphatic carbocycles. The van der Waals surface area contributed by atoms with Crippen molar-refractivity contribution in [2.45, 2.75) is 6.42 Å². The molecule has 1 heterocycles. The van der Waals surface area contributed by atoms with E-state index in [9.17, 15) is 22.0 Å². The van der Waals surface area contributed by atoms with E-state index in [-0.39, 0.29) is 36.7 Å². The van der Waals surface area contributed by atoms with Gasteiger partial charge in [-0.3, -0.25) is 0 Å². The zero-order chi connectivity index (χ0) is 14.9. The van der Waals surface area contributed by atoms with E-state index in [1.54, 1.807) is 0 Å². The highest BCUT2D eigenvalue weighted by molar-refractivity contribution is 7.91. The van der Waals surface area contributed by atoms with Crippen LogP contribution in [0.25, 0.3) is 0 Å². The second kappa shape index (κ2) is 5.35. The average Bonchev–Trinajstić information content (AvgIpc) is 2.50. The van der Waals surface area contributed by atoms with E-state index in [1.165, 1.54) is 4.90 Å². The Kier molecular flexibility index (Phi) is 3.94. The molecule has 1 aliphatic heterocycles. The van der Waals surface area contributed by atoms with E-state index in [4.69, 9.17) is 5.11 Å². The molecule has 0 spiro atoms. The van der Waals surface area contributed by atoms with Gasteiger partial charge >= 0.3 is 5.97 Å². The Labute approximate surface area is 114 Å². The third kappa shape index (κ3) is 3.06. The lowest BCUT2D eigenvalue weighted by Gasteiger charge is -2.23. The lowest BCUT2D eigenvalue weighted by molar-refractivity contribution is 0.0695. The Balaban J connectivity index is 2.35. The molecule has 2 rings (SSSR count). The number of nitrogens with zero attached hydrogens (tertiary/aromatic N) is 1. The predicted molar refractivity (Wildman–Crippen MR) is 68.8 cm³/mol. The highest BCUT2D eigenvalue weighted by atomic mass is 32.2. The van der Waals surface area contributed by atoms with Gasteiger partial charge in [-0.25, -0.2) is 22.0 Å². The van der Waals surface area contributed by atoms with E-state index in [1.807, 2.05) is 0 Å². The molecule has 1 saturated heterocycles. The first kappa shape index (κ1) is 14.7. The van der Waals surface area contributed by atoms with Crippen molar-refractivity contribution in [3.05, 3.63) is 29.3 Å². The van der Waals surface area contributed by atoms with Gasteiger partial charge in [0.15, 0.2) is 9.84 Å². The Morgan fingerprint density at radius 2 is 1.75 bits per heavy atom. The van der Waals surface area contributed by atoms with Crippen molar-refractivity contribution in [3.8, 4) is 0 Å². The van der Waals surface area contributed by atoms with Gasteiger partial charge in [-0.15, -0.1) is 0 Å². The minimum atomic E-state index is -3.19. The SMILES string of the molecule is O=C(O)c1cc(F)c(N2CCCS(=O)(=O)CC2)c(F)c1. The van der Waals surface area contributed by atoms with E-state index >= 15 is 0 Å². The van der Waals surface area contributed by atoms with Crippen molar-refractivity contribution in [1.29, 1.82) is 0 Å². The van der Waals surface area contributed by atoms with Crippen LogP contribution in [0.3, 0.4) is 0 Å². The number of aromatic carboxylic acids is 1. The third-order valence-electron chi connectivity index (χ3n) is 3.14. The number of halogens is 2. The topological polar surface area (TPSA) is 74.7 Å². The molecule has 1 aliphatic rings. The number of sulfone groups is 1. The van der Waals surface area contributed by atoms with Crippen molar-refractivity contribution in [2.24, 2.45) is 0 Å². The van der Waals surface area contributed by atoms with E-state index in [0.29, 0.717) is 0 Å². The second-order valence-corrected chi connectivity index (χ2v) is 6.89. The van der Waals surface area contributed by atoms with Gasteiger partial charge in [-0.2, -0.15) is 0 Å². The van der Waals surface area contributed by atoms with Gasteiger partial charge in [0.05, 0.1) is 17.1 Å². The number of rotatable bonds is 2. The summed E-state index contributed by atoms with van der Waals surface area (Å²) in [6.07, 6.45) is 0.280. The largest absolute Gasteiger partial charge is 0.478 e. The van der Waals surface area contributed by atoms with Gasteiger partial charge in [0.2, 0.25) is 0 Å². The lowest BCUT2D eigenvalue weighted by atomic mass is 10.1. The number of hydrogen-bond acceptors (Lipinski definition) is 4. The van der Waals surface area contributed by atoms with Gasteiger partial charge in [-0.05, 0) is 18.6 Å². The fourth-order valence-corrected chi connectivity index (χ4v) is 3.42. The number of carboxylic acids is 1. The first-order chi connectivity index (χ1) is 9.30. The third-order valence-corrected chi connectivity index (χ3v) is 4.85. The summed E-state index contributed by atoms with van der Waals surface area (Å²) in [5.41, 5.74) is -0.849. The molecular formula is C12H13F2NO4S. The summed E-state index contributed by atoms with van der Waals surface area (Å²) >= 11 is 0. The molecule has 1 fully saturated rings. The number of carbonyl (C=O) groups is 1. The fraction of sp³-hybridized carbons (Fsp3) is 0.417. The van der Waals surface area contributed by atoms with Crippen molar-refractivity contribution in [3.63, 3.8) is 0 Å². The van der Waals surface area contributed by atoms with Crippen molar-refractivity contribution >= 4 is 21.5 Å². The van der Waals surface area contributed by atoms with Gasteiger partial charge in [0, 0.05) is 13.1 Å². The van der Waals surface area contributed by atoms with Crippen molar-refractivity contribution in [2.75, 3.05) is 29.5 Å². The molecule has 0 atom stereocenters. The van der Waals surface area contributed by atoms with Crippen LogP contribution in [0.2, 0.25) is 0 Å². The highest BCUT2D eigenvalue weighted by Gasteiger charge is 2.24. The standard InChI is InChI=1S/C12H13F2NO4S/c13-9-6-8(12(16)17)7-10(14)11(9)15-2-1-4-20(18,19)5-3-15/h6-7H,1-5H2,(H,16,17). The van der Waals surface area contributed by atoms with Crippen LogP contribution in [0, 0.1) is 11.6 Å². The fourth-order valence-electron chi connectivity index (χ4n) is 2.15. The van der Waals surface area contributed by atoms with E-state index < -0.39 is 33.0 Å². The van der Waals surface area contributed by atoms with Crippen molar-refractivity contribution < 1.29 is 27.1 Å². The summed E-state index contributed by atoms with van der Waals surface area (Å²) < 4.78 is 50.7. The molecular weight excluding hydrogens is 292 g/mol. The van der Waals surface area contributed by atoms with Gasteiger partial charge < -0.3 is 10.0 Å². The van der Waals surface area contributed by atoms with Gasteiger partial charge in [0.25, 0.3) is 0 Å². The zero-order valence-corrected chi connectivity index (χ0v) is 11.3. The molecule has 0 aromatic heterocycles. The first-order valence-electron chi connectivity index (χ1n) is 5.98. The molecule has 5 nitrogen and oxygen atoms in total. The Morgan fingerprint density at radius 1 is 1.15 bits per heavy atom. The monoisotopic (exact) mass is 305 g/mol. The maximum Gasteiger partial charge on any atom is 0.335 e. The Morgan fingerprint density at radius 3 is 2.30 bits per heavy atom. The predicted octanol–water partition coefficient (Wildman–Crippen LogP) is 1.29. The van der Waals surface area contributed by atoms with E-state index in [0.717, 1.165) is 12.1 Å². The van der Waals surface area contributed by atoms with Crippen LogP contribution in [0.15, 0.2) is 12.1 Å².